The Bertz CT molecular complexity index is 800. The highest BCUT2D eigenvalue weighted by atomic mass is 35.5. The Hall–Kier alpha value is -2.29. The van der Waals surface area contributed by atoms with Gasteiger partial charge in [-0.1, -0.05) is 11.6 Å². The molecule has 10 heteroatoms. The number of esters is 1. The van der Waals surface area contributed by atoms with Crippen molar-refractivity contribution < 1.29 is 22.7 Å². The first-order chi connectivity index (χ1) is 12.8. The summed E-state index contributed by atoms with van der Waals surface area (Å²) in [7, 11) is 0. The molecule has 0 spiro atoms. The van der Waals surface area contributed by atoms with E-state index in [-0.39, 0.29) is 6.54 Å². The maximum absolute atomic E-state index is 13.2. The molecule has 0 bridgehead atoms. The molecule has 0 N–H and O–H groups in total. The van der Waals surface area contributed by atoms with E-state index in [0.717, 1.165) is 16.7 Å². The van der Waals surface area contributed by atoms with Crippen molar-refractivity contribution in [1.82, 2.24) is 14.8 Å². The van der Waals surface area contributed by atoms with Gasteiger partial charge in [0.05, 0.1) is 11.2 Å². The van der Waals surface area contributed by atoms with E-state index in [1.807, 2.05) is 4.90 Å². The third kappa shape index (κ3) is 4.35. The van der Waals surface area contributed by atoms with E-state index >= 15 is 0 Å². The molecule has 0 aromatic carbocycles. The number of aryl methyl sites for hydroxylation is 1. The summed E-state index contributed by atoms with van der Waals surface area (Å²) in [6.07, 6.45) is -1.66. The summed E-state index contributed by atoms with van der Waals surface area (Å²) in [5.74, 6) is -0.238. The van der Waals surface area contributed by atoms with Crippen molar-refractivity contribution in [1.29, 1.82) is 0 Å². The zero-order chi connectivity index (χ0) is 19.6. The molecule has 0 atom stereocenters. The second-order valence-corrected chi connectivity index (χ2v) is 6.58. The van der Waals surface area contributed by atoms with E-state index in [4.69, 9.17) is 16.3 Å². The quantitative estimate of drug-likeness (QED) is 0.728. The van der Waals surface area contributed by atoms with Crippen molar-refractivity contribution in [2.45, 2.75) is 38.6 Å². The van der Waals surface area contributed by atoms with E-state index in [9.17, 15) is 18.0 Å². The monoisotopic (exact) mass is 402 g/mol. The minimum atomic E-state index is -4.68. The van der Waals surface area contributed by atoms with Crippen LogP contribution in [-0.2, 0) is 17.5 Å². The molecule has 0 aliphatic carbocycles. The van der Waals surface area contributed by atoms with Crippen LogP contribution in [0, 0.1) is 0 Å². The van der Waals surface area contributed by atoms with Crippen LogP contribution in [0.4, 0.5) is 19.0 Å². The molecule has 1 fully saturated rings. The first kappa shape index (κ1) is 19.5. The first-order valence-corrected chi connectivity index (χ1v) is 8.88. The second-order valence-electron chi connectivity index (χ2n) is 6.15. The predicted octanol–water partition coefficient (Wildman–Crippen LogP) is 3.80. The molecule has 146 valence electrons. The average Bonchev–Trinajstić information content (AvgIpc) is 3.08. The Morgan fingerprint density at radius 3 is 2.56 bits per heavy atom. The summed E-state index contributed by atoms with van der Waals surface area (Å²) in [5, 5.41) is 4.18. The van der Waals surface area contributed by atoms with Gasteiger partial charge in [-0.3, -0.25) is 4.68 Å². The van der Waals surface area contributed by atoms with Gasteiger partial charge in [0.1, 0.15) is 17.5 Å². The molecule has 27 heavy (non-hydrogen) atoms. The van der Waals surface area contributed by atoms with Crippen molar-refractivity contribution in [3.8, 4) is 0 Å². The predicted molar refractivity (Wildman–Crippen MR) is 92.8 cm³/mol. The van der Waals surface area contributed by atoms with Gasteiger partial charge < -0.3 is 9.64 Å². The lowest BCUT2D eigenvalue weighted by Crippen LogP contribution is -2.38. The fourth-order valence-electron chi connectivity index (χ4n) is 3.05. The lowest BCUT2D eigenvalue weighted by atomic mass is 10.1. The minimum absolute atomic E-state index is 0.00854. The molecule has 3 rings (SSSR count). The number of hydrogen-bond acceptors (Lipinski definition) is 5. The number of alkyl halides is 3. The van der Waals surface area contributed by atoms with Gasteiger partial charge in [-0.2, -0.15) is 18.3 Å². The van der Waals surface area contributed by atoms with Gasteiger partial charge in [-0.25, -0.2) is 9.78 Å². The van der Waals surface area contributed by atoms with Gasteiger partial charge in [0, 0.05) is 38.7 Å². The van der Waals surface area contributed by atoms with Crippen LogP contribution in [0.5, 0.6) is 0 Å². The highest BCUT2D eigenvalue weighted by Crippen LogP contribution is 2.33. The Morgan fingerprint density at radius 2 is 2.00 bits per heavy atom. The van der Waals surface area contributed by atoms with Gasteiger partial charge in [0.15, 0.2) is 5.69 Å². The van der Waals surface area contributed by atoms with Crippen LogP contribution >= 0.6 is 11.6 Å². The Balaban J connectivity index is 1.63. The Kier molecular flexibility index (Phi) is 5.59. The topological polar surface area (TPSA) is 60.3 Å². The van der Waals surface area contributed by atoms with E-state index < -0.39 is 29.5 Å². The SMILES string of the molecule is CCn1ncc(C(=O)OC2CCN(c3ccc(Cl)cn3)CC2)c1C(F)(F)F. The molecule has 0 unspecified atom stereocenters. The van der Waals surface area contributed by atoms with Crippen molar-refractivity contribution in [3.05, 3.63) is 40.8 Å². The lowest BCUT2D eigenvalue weighted by molar-refractivity contribution is -0.144. The molecule has 1 aliphatic rings. The number of halogens is 4. The number of carbonyl (C=O) groups is 1. The van der Waals surface area contributed by atoms with Crippen LogP contribution in [0.3, 0.4) is 0 Å². The van der Waals surface area contributed by atoms with Gasteiger partial charge >= 0.3 is 12.1 Å². The molecular formula is C17H18ClF3N4O2. The van der Waals surface area contributed by atoms with Crippen LogP contribution in [0.25, 0.3) is 0 Å². The molecular weight excluding hydrogens is 385 g/mol. The number of anilines is 1. The number of pyridine rings is 1. The summed E-state index contributed by atoms with van der Waals surface area (Å²) < 4.78 is 45.8. The summed E-state index contributed by atoms with van der Waals surface area (Å²) in [6.45, 7) is 2.69. The summed E-state index contributed by atoms with van der Waals surface area (Å²) in [6, 6.07) is 3.53. The number of hydrogen-bond donors (Lipinski definition) is 0. The van der Waals surface area contributed by atoms with Crippen LogP contribution in [0.15, 0.2) is 24.5 Å². The highest BCUT2D eigenvalue weighted by Gasteiger charge is 2.40. The van der Waals surface area contributed by atoms with Crippen molar-refractivity contribution >= 4 is 23.4 Å². The van der Waals surface area contributed by atoms with E-state index in [2.05, 4.69) is 10.1 Å². The number of rotatable bonds is 4. The standard InChI is InChI=1S/C17H18ClF3N4O2/c1-2-25-15(17(19,20)21)13(10-23-25)16(26)27-12-5-7-24(8-6-12)14-4-3-11(18)9-22-14/h3-4,9-10,12H,2,5-8H2,1H3. The second kappa shape index (κ2) is 7.75. The first-order valence-electron chi connectivity index (χ1n) is 8.50. The molecule has 0 amide bonds. The van der Waals surface area contributed by atoms with Gasteiger partial charge in [0.2, 0.25) is 0 Å². The summed E-state index contributed by atoms with van der Waals surface area (Å²) in [5.41, 5.74) is -1.62. The van der Waals surface area contributed by atoms with E-state index in [0.29, 0.717) is 31.0 Å². The molecule has 3 heterocycles. The fraction of sp³-hybridized carbons (Fsp3) is 0.471. The van der Waals surface area contributed by atoms with Gasteiger partial charge in [-0.05, 0) is 19.1 Å². The van der Waals surface area contributed by atoms with E-state index in [1.54, 1.807) is 18.3 Å². The van der Waals surface area contributed by atoms with Crippen LogP contribution in [-0.4, -0.2) is 39.9 Å². The highest BCUT2D eigenvalue weighted by molar-refractivity contribution is 6.30. The zero-order valence-electron chi connectivity index (χ0n) is 14.5. The molecule has 6 nitrogen and oxygen atoms in total. The van der Waals surface area contributed by atoms with Crippen molar-refractivity contribution in [2.75, 3.05) is 18.0 Å². The van der Waals surface area contributed by atoms with Crippen LogP contribution in [0.1, 0.15) is 35.8 Å². The van der Waals surface area contributed by atoms with Crippen molar-refractivity contribution in [3.63, 3.8) is 0 Å². The Morgan fingerprint density at radius 1 is 1.30 bits per heavy atom. The lowest BCUT2D eigenvalue weighted by Gasteiger charge is -2.32. The smallest absolute Gasteiger partial charge is 0.433 e. The van der Waals surface area contributed by atoms with Crippen LogP contribution < -0.4 is 4.90 Å². The maximum Gasteiger partial charge on any atom is 0.433 e. The maximum atomic E-state index is 13.2. The van der Waals surface area contributed by atoms with E-state index in [1.165, 1.54) is 6.92 Å². The summed E-state index contributed by atoms with van der Waals surface area (Å²) in [4.78, 5) is 18.5. The third-order valence-corrected chi connectivity index (χ3v) is 4.60. The van der Waals surface area contributed by atoms with Crippen LogP contribution in [0.2, 0.25) is 5.02 Å². The number of nitrogens with zero attached hydrogens (tertiary/aromatic N) is 4. The molecule has 0 saturated carbocycles. The number of ether oxygens (including phenoxy) is 1. The zero-order valence-corrected chi connectivity index (χ0v) is 15.3. The number of carbonyl (C=O) groups excluding carboxylic acids is 1. The normalized spacial score (nSPS) is 15.8. The van der Waals surface area contributed by atoms with Gasteiger partial charge in [-0.15, -0.1) is 0 Å². The largest absolute Gasteiger partial charge is 0.459 e. The van der Waals surface area contributed by atoms with Gasteiger partial charge in [0.25, 0.3) is 0 Å². The third-order valence-electron chi connectivity index (χ3n) is 4.38. The molecule has 1 aliphatic heterocycles. The fourth-order valence-corrected chi connectivity index (χ4v) is 3.16. The Labute approximate surface area is 158 Å². The minimum Gasteiger partial charge on any atom is -0.459 e. The average molecular weight is 403 g/mol. The molecule has 2 aromatic heterocycles. The summed E-state index contributed by atoms with van der Waals surface area (Å²) >= 11 is 5.82. The molecule has 0 radical (unpaired) electrons. The molecule has 2 aromatic rings. The molecule has 1 saturated heterocycles. The number of piperidine rings is 1. The number of aromatic nitrogens is 3. The van der Waals surface area contributed by atoms with Crippen molar-refractivity contribution in [2.24, 2.45) is 0 Å².